The lowest BCUT2D eigenvalue weighted by molar-refractivity contribution is -0.121. The van der Waals surface area contributed by atoms with E-state index in [1.54, 1.807) is 0 Å². The number of nitrogens with two attached hydrogens (primary N) is 1. The van der Waals surface area contributed by atoms with Crippen LogP contribution in [0.4, 0.5) is 0 Å². The van der Waals surface area contributed by atoms with Gasteiger partial charge in [0.05, 0.1) is 304 Å². The minimum absolute atomic E-state index is 0.0499. The van der Waals surface area contributed by atoms with Crippen molar-refractivity contribution in [2.75, 3.05) is 324 Å². The molecule has 0 aliphatic rings. The Morgan fingerprint density at radius 3 is 0.639 bits per heavy atom. The topological polar surface area (TPSA) is 316 Å². The summed E-state index contributed by atoms with van der Waals surface area (Å²) < 4.78 is 126. The molecule has 29 nitrogen and oxygen atoms in total. The SMILES string of the molecule is [N-]=[N+]=NCCOCCOCCOCCOCCOCCOCCOCCOCCOCCOCCOCCOCCOCCOCCOCCOCCOCCOCCOCCOCCOCCOCCOCCNC(=O)CCCCCN. The molecule has 0 fully saturated rings. The summed E-state index contributed by atoms with van der Waals surface area (Å²) in [5, 5.41) is 6.22. The predicted octanol–water partition coefficient (Wildman–Crippen LogP) is 1.31. The summed E-state index contributed by atoms with van der Waals surface area (Å²) >= 11 is 0. The fourth-order valence-corrected chi connectivity index (χ4v) is 6.05. The summed E-state index contributed by atoms with van der Waals surface area (Å²) in [6.07, 6.45) is 3.33. The molecule has 29 heteroatoms. The fourth-order valence-electron chi connectivity index (χ4n) is 6.05. The van der Waals surface area contributed by atoms with E-state index in [1.807, 2.05) is 0 Å². The zero-order valence-electron chi connectivity index (χ0n) is 50.2. The highest BCUT2D eigenvalue weighted by Crippen LogP contribution is 1.98. The average Bonchev–Trinajstić information content (AvgIpc) is 3.49. The van der Waals surface area contributed by atoms with Gasteiger partial charge < -0.3 is 120 Å². The third-order valence-corrected chi connectivity index (χ3v) is 10.3. The zero-order valence-corrected chi connectivity index (χ0v) is 50.2. The summed E-state index contributed by atoms with van der Waals surface area (Å²) in [5.41, 5.74) is 13.6. The first-order chi connectivity index (χ1) is 41.3. The Bertz CT molecular complexity index is 1270. The van der Waals surface area contributed by atoms with Gasteiger partial charge in [-0.2, -0.15) is 0 Å². The first kappa shape index (κ1) is 80.8. The van der Waals surface area contributed by atoms with Crippen LogP contribution >= 0.6 is 0 Å². The van der Waals surface area contributed by atoms with E-state index in [-0.39, 0.29) is 5.91 Å². The monoisotopic (exact) mass is 1210 g/mol. The Hall–Kier alpha value is -2.18. The Labute approximate surface area is 494 Å². The summed E-state index contributed by atoms with van der Waals surface area (Å²) in [7, 11) is 0. The van der Waals surface area contributed by atoms with Gasteiger partial charge in [0.15, 0.2) is 0 Å². The van der Waals surface area contributed by atoms with Crippen LogP contribution in [0.3, 0.4) is 0 Å². The van der Waals surface area contributed by atoms with Crippen LogP contribution in [-0.2, 0) is 114 Å². The molecule has 0 radical (unpaired) electrons. The number of nitrogens with one attached hydrogen (secondary N) is 1. The van der Waals surface area contributed by atoms with Crippen LogP contribution in [0.1, 0.15) is 25.7 Å². The quantitative estimate of drug-likeness (QED) is 0.0375. The maximum atomic E-state index is 11.7. The van der Waals surface area contributed by atoms with Gasteiger partial charge in [-0.1, -0.05) is 11.5 Å². The second-order valence-corrected chi connectivity index (χ2v) is 17.0. The van der Waals surface area contributed by atoms with Crippen molar-refractivity contribution < 1.29 is 114 Å². The number of amides is 1. The molecule has 0 saturated carbocycles. The number of nitrogens with zero attached hydrogens (tertiary/aromatic N) is 3. The minimum Gasteiger partial charge on any atom is -0.379 e. The molecule has 0 atom stereocenters. The van der Waals surface area contributed by atoms with Crippen LogP contribution in [-0.4, -0.2) is 329 Å². The fraction of sp³-hybridized carbons (Fsp3) is 0.981. The van der Waals surface area contributed by atoms with E-state index < -0.39 is 0 Å². The van der Waals surface area contributed by atoms with Crippen molar-refractivity contribution in [3.63, 3.8) is 0 Å². The van der Waals surface area contributed by atoms with Crippen LogP contribution in [0.25, 0.3) is 10.4 Å². The van der Waals surface area contributed by atoms with Gasteiger partial charge in [0.25, 0.3) is 0 Å². The summed E-state index contributed by atoms with van der Waals surface area (Å²) in [5.74, 6) is 0.0499. The first-order valence-corrected chi connectivity index (χ1v) is 29.6. The molecule has 0 unspecified atom stereocenters. The molecule has 0 aromatic rings. The number of ether oxygens (including phenoxy) is 23. The van der Waals surface area contributed by atoms with E-state index >= 15 is 0 Å². The Balaban J connectivity index is 3.10. The van der Waals surface area contributed by atoms with Crippen molar-refractivity contribution in [3.05, 3.63) is 10.4 Å². The van der Waals surface area contributed by atoms with Gasteiger partial charge in [-0.3, -0.25) is 4.79 Å². The molecule has 0 aromatic heterocycles. The van der Waals surface area contributed by atoms with Crippen LogP contribution < -0.4 is 11.1 Å². The van der Waals surface area contributed by atoms with E-state index in [4.69, 9.17) is 120 Å². The Kier molecular flexibility index (Phi) is 75.8. The van der Waals surface area contributed by atoms with E-state index in [0.29, 0.717) is 330 Å². The van der Waals surface area contributed by atoms with Gasteiger partial charge in [-0.25, -0.2) is 0 Å². The Morgan fingerprint density at radius 1 is 0.277 bits per heavy atom. The Morgan fingerprint density at radius 2 is 0.458 bits per heavy atom. The number of azide groups is 1. The third-order valence-electron chi connectivity index (χ3n) is 10.3. The normalized spacial score (nSPS) is 11.5. The average molecular weight is 1210 g/mol. The van der Waals surface area contributed by atoms with Gasteiger partial charge in [0, 0.05) is 24.4 Å². The largest absolute Gasteiger partial charge is 0.379 e. The minimum atomic E-state index is 0.0499. The number of hydrogen-bond acceptors (Lipinski definition) is 26. The van der Waals surface area contributed by atoms with Crippen molar-refractivity contribution in [2.24, 2.45) is 10.8 Å². The second-order valence-electron chi connectivity index (χ2n) is 17.0. The highest BCUT2D eigenvalue weighted by Gasteiger charge is 2.02. The number of unbranched alkanes of at least 4 members (excludes halogenated alkanes) is 2. The van der Waals surface area contributed by atoms with Crippen LogP contribution in [0.5, 0.6) is 0 Å². The lowest BCUT2D eigenvalue weighted by atomic mass is 10.2. The van der Waals surface area contributed by atoms with Crippen LogP contribution in [0, 0.1) is 0 Å². The van der Waals surface area contributed by atoms with E-state index in [1.165, 1.54) is 0 Å². The van der Waals surface area contributed by atoms with Gasteiger partial charge in [0.1, 0.15) is 0 Å². The van der Waals surface area contributed by atoms with Crippen molar-refractivity contribution in [2.45, 2.75) is 25.7 Å². The highest BCUT2D eigenvalue weighted by molar-refractivity contribution is 5.75. The highest BCUT2D eigenvalue weighted by atomic mass is 16.6. The molecular weight excluding hydrogens is 1100 g/mol. The van der Waals surface area contributed by atoms with E-state index in [9.17, 15) is 4.79 Å². The number of hydrogen-bond donors (Lipinski definition) is 2. The van der Waals surface area contributed by atoms with Crippen molar-refractivity contribution in [1.82, 2.24) is 5.32 Å². The van der Waals surface area contributed by atoms with Gasteiger partial charge >= 0.3 is 0 Å². The number of carbonyl (C=O) groups is 1. The van der Waals surface area contributed by atoms with Gasteiger partial charge in [-0.05, 0) is 24.9 Å². The molecule has 0 aromatic carbocycles. The maximum absolute atomic E-state index is 11.7. The lowest BCUT2D eigenvalue weighted by Crippen LogP contribution is -2.27. The standard InChI is InChI=1S/C54H109N5O24/c55-5-3-1-2-4-54(60)57-6-8-61-10-12-63-14-16-65-18-20-67-22-24-69-26-28-71-30-32-73-34-36-75-38-40-77-42-44-79-46-48-81-50-52-83-53-51-82-49-47-80-45-43-78-41-39-76-37-35-74-33-31-72-29-27-70-25-23-68-21-19-66-17-15-64-13-11-62-9-7-58-59-56/h1-53,55H2,(H,57,60). The summed E-state index contributed by atoms with van der Waals surface area (Å²) in [6, 6.07) is 0. The van der Waals surface area contributed by atoms with Crippen LogP contribution in [0.15, 0.2) is 5.11 Å². The van der Waals surface area contributed by atoms with Gasteiger partial charge in [0.2, 0.25) is 5.91 Å². The second kappa shape index (κ2) is 77.8. The molecule has 0 heterocycles. The zero-order chi connectivity index (χ0) is 59.4. The van der Waals surface area contributed by atoms with Crippen molar-refractivity contribution >= 4 is 5.91 Å². The number of rotatable bonds is 77. The van der Waals surface area contributed by atoms with Gasteiger partial charge in [-0.15, -0.1) is 0 Å². The molecule has 0 saturated heterocycles. The molecule has 83 heavy (non-hydrogen) atoms. The third kappa shape index (κ3) is 77.8. The summed E-state index contributed by atoms with van der Waals surface area (Å²) in [4.78, 5) is 14.3. The molecule has 494 valence electrons. The van der Waals surface area contributed by atoms with E-state index in [0.717, 1.165) is 19.3 Å². The molecular formula is C54H109N5O24. The van der Waals surface area contributed by atoms with Crippen molar-refractivity contribution in [3.8, 4) is 0 Å². The number of carbonyl (C=O) groups excluding carboxylic acids is 1. The lowest BCUT2D eigenvalue weighted by Gasteiger charge is -2.09. The molecule has 3 N–H and O–H groups in total. The maximum Gasteiger partial charge on any atom is 0.220 e. The molecule has 1 amide bonds. The summed E-state index contributed by atoms with van der Waals surface area (Å²) in [6.45, 7) is 23.4. The molecule has 0 bridgehead atoms. The van der Waals surface area contributed by atoms with E-state index in [2.05, 4.69) is 15.3 Å². The van der Waals surface area contributed by atoms with Crippen LogP contribution in [0.2, 0.25) is 0 Å². The molecule has 0 rings (SSSR count). The van der Waals surface area contributed by atoms with Crippen molar-refractivity contribution in [1.29, 1.82) is 0 Å². The smallest absolute Gasteiger partial charge is 0.220 e. The molecule has 0 aliphatic heterocycles. The first-order valence-electron chi connectivity index (χ1n) is 29.6. The predicted molar refractivity (Wildman–Crippen MR) is 303 cm³/mol. The molecule has 0 aliphatic carbocycles. The molecule has 0 spiro atoms.